The highest BCUT2D eigenvalue weighted by molar-refractivity contribution is 14.1. The number of hydrogen-bond donors (Lipinski definition) is 1. The number of thioether (sulfide) groups is 1. The van der Waals surface area contributed by atoms with Gasteiger partial charge in [-0.25, -0.2) is 0 Å². The summed E-state index contributed by atoms with van der Waals surface area (Å²) in [5, 5.41) is 9.60. The second kappa shape index (κ2) is 11.4. The summed E-state index contributed by atoms with van der Waals surface area (Å²) in [6.45, 7) is 0.508. The van der Waals surface area contributed by atoms with Gasteiger partial charge in [0.1, 0.15) is 0 Å². The summed E-state index contributed by atoms with van der Waals surface area (Å²) >= 11 is 3.94. The zero-order valence-electron chi connectivity index (χ0n) is 16.1. The van der Waals surface area contributed by atoms with Gasteiger partial charge in [0.25, 0.3) is 0 Å². The fourth-order valence-corrected chi connectivity index (χ4v) is 4.82. The third-order valence-electron chi connectivity index (χ3n) is 4.61. The van der Waals surface area contributed by atoms with Crippen LogP contribution in [-0.2, 0) is 11.3 Å². The second-order valence-corrected chi connectivity index (χ2v) is 8.95. The van der Waals surface area contributed by atoms with Gasteiger partial charge in [-0.05, 0) is 58.8 Å². The molecule has 29 heavy (non-hydrogen) atoms. The molecule has 0 heterocycles. The van der Waals surface area contributed by atoms with Crippen LogP contribution in [0.1, 0.15) is 12.0 Å². The van der Waals surface area contributed by atoms with Crippen LogP contribution in [0.4, 0.5) is 5.69 Å². The van der Waals surface area contributed by atoms with Gasteiger partial charge < -0.3 is 10.0 Å². The van der Waals surface area contributed by atoms with Gasteiger partial charge in [-0.2, -0.15) is 0 Å². The third kappa shape index (κ3) is 6.32. The minimum absolute atomic E-state index is 0.00316. The van der Waals surface area contributed by atoms with E-state index < -0.39 is 0 Å². The van der Waals surface area contributed by atoms with Crippen LogP contribution in [0.2, 0.25) is 0 Å². The SMILES string of the molecule is O=C(C(CCO)CSc1ccccc1)N(Cc1ccccc1)c1ccccc1I. The molecule has 0 radical (unpaired) electrons. The molecular weight excluding hydrogens is 493 g/mol. The van der Waals surface area contributed by atoms with E-state index in [1.165, 1.54) is 0 Å². The van der Waals surface area contributed by atoms with E-state index in [9.17, 15) is 9.90 Å². The number of anilines is 1. The zero-order valence-corrected chi connectivity index (χ0v) is 19.1. The van der Waals surface area contributed by atoms with Crippen LogP contribution in [-0.4, -0.2) is 23.4 Å². The number of halogens is 1. The summed E-state index contributed by atoms with van der Waals surface area (Å²) in [7, 11) is 0. The molecule has 0 spiro atoms. The van der Waals surface area contributed by atoms with Crippen LogP contribution < -0.4 is 4.90 Å². The molecule has 0 saturated carbocycles. The van der Waals surface area contributed by atoms with E-state index in [0.717, 1.165) is 19.7 Å². The topological polar surface area (TPSA) is 40.5 Å². The van der Waals surface area contributed by atoms with E-state index >= 15 is 0 Å². The Morgan fingerprint density at radius 1 is 0.931 bits per heavy atom. The van der Waals surface area contributed by atoms with E-state index in [1.54, 1.807) is 11.8 Å². The number of amides is 1. The molecule has 1 N–H and O–H groups in total. The summed E-state index contributed by atoms with van der Waals surface area (Å²) in [6.07, 6.45) is 0.452. The Kier molecular flexibility index (Phi) is 8.58. The molecule has 3 nitrogen and oxygen atoms in total. The minimum atomic E-state index is -0.259. The van der Waals surface area contributed by atoms with E-state index in [4.69, 9.17) is 0 Å². The molecule has 0 fully saturated rings. The Morgan fingerprint density at radius 3 is 2.21 bits per heavy atom. The minimum Gasteiger partial charge on any atom is -0.396 e. The Labute approximate surface area is 190 Å². The fourth-order valence-electron chi connectivity index (χ4n) is 3.09. The zero-order chi connectivity index (χ0) is 20.5. The molecule has 0 saturated heterocycles. The van der Waals surface area contributed by atoms with Gasteiger partial charge in [-0.3, -0.25) is 4.79 Å². The van der Waals surface area contributed by atoms with Crippen molar-refractivity contribution in [3.63, 3.8) is 0 Å². The monoisotopic (exact) mass is 517 g/mol. The Hall–Kier alpha value is -1.83. The smallest absolute Gasteiger partial charge is 0.231 e. The first kappa shape index (κ1) is 21.9. The van der Waals surface area contributed by atoms with Crippen LogP contribution in [0.25, 0.3) is 0 Å². The standard InChI is InChI=1S/C24H24INO2S/c25-22-13-7-8-14-23(22)26(17-19-9-3-1-4-10-19)24(28)20(15-16-27)18-29-21-11-5-2-6-12-21/h1-14,20,27H,15-18H2. The lowest BCUT2D eigenvalue weighted by atomic mass is 10.1. The first-order valence-electron chi connectivity index (χ1n) is 9.57. The van der Waals surface area contributed by atoms with E-state index in [-0.39, 0.29) is 18.4 Å². The maximum Gasteiger partial charge on any atom is 0.231 e. The van der Waals surface area contributed by atoms with Crippen LogP contribution in [0.5, 0.6) is 0 Å². The van der Waals surface area contributed by atoms with Crippen molar-refractivity contribution in [3.8, 4) is 0 Å². The molecular formula is C24H24INO2S. The van der Waals surface area contributed by atoms with E-state index in [0.29, 0.717) is 18.7 Å². The quantitative estimate of drug-likeness (QED) is 0.296. The van der Waals surface area contributed by atoms with Crippen molar-refractivity contribution in [1.29, 1.82) is 0 Å². The van der Waals surface area contributed by atoms with E-state index in [1.807, 2.05) is 89.8 Å². The number of para-hydroxylation sites is 1. The third-order valence-corrected chi connectivity index (χ3v) is 6.70. The van der Waals surface area contributed by atoms with Crippen molar-refractivity contribution in [1.82, 2.24) is 0 Å². The number of carbonyl (C=O) groups excluding carboxylic acids is 1. The number of carbonyl (C=O) groups is 1. The number of rotatable bonds is 9. The highest BCUT2D eigenvalue weighted by Crippen LogP contribution is 2.29. The molecule has 0 aromatic heterocycles. The summed E-state index contributed by atoms with van der Waals surface area (Å²) < 4.78 is 1.04. The summed E-state index contributed by atoms with van der Waals surface area (Å²) in [5.41, 5.74) is 1.99. The second-order valence-electron chi connectivity index (χ2n) is 6.69. The number of benzene rings is 3. The number of hydrogen-bond acceptors (Lipinski definition) is 3. The van der Waals surface area contributed by atoms with Gasteiger partial charge in [0.05, 0.1) is 18.2 Å². The number of aliphatic hydroxyl groups is 1. The Morgan fingerprint density at radius 2 is 1.55 bits per heavy atom. The Bertz CT molecular complexity index is 905. The van der Waals surface area contributed by atoms with Gasteiger partial charge in [0.15, 0.2) is 0 Å². The lowest BCUT2D eigenvalue weighted by Gasteiger charge is -2.28. The number of aliphatic hydroxyl groups excluding tert-OH is 1. The van der Waals surface area contributed by atoms with Crippen molar-refractivity contribution >= 4 is 45.9 Å². The summed E-state index contributed by atoms with van der Waals surface area (Å²) in [5.74, 6) is 0.429. The molecule has 1 amide bonds. The van der Waals surface area contributed by atoms with E-state index in [2.05, 4.69) is 22.6 Å². The highest BCUT2D eigenvalue weighted by atomic mass is 127. The maximum absolute atomic E-state index is 13.6. The fraction of sp³-hybridized carbons (Fsp3) is 0.208. The van der Waals surface area contributed by atoms with Gasteiger partial charge in [0.2, 0.25) is 5.91 Å². The van der Waals surface area contributed by atoms with Crippen molar-refractivity contribution in [2.75, 3.05) is 17.3 Å². The van der Waals surface area contributed by atoms with Crippen molar-refractivity contribution in [2.24, 2.45) is 5.92 Å². The molecule has 1 atom stereocenters. The predicted molar refractivity (Wildman–Crippen MR) is 129 cm³/mol. The van der Waals surface area contributed by atoms with Crippen LogP contribution >= 0.6 is 34.4 Å². The molecule has 0 bridgehead atoms. The Balaban J connectivity index is 1.85. The van der Waals surface area contributed by atoms with Crippen LogP contribution in [0.15, 0.2) is 89.8 Å². The molecule has 0 aliphatic carbocycles. The molecule has 3 aromatic carbocycles. The molecule has 0 aliphatic rings. The molecule has 5 heteroatoms. The largest absolute Gasteiger partial charge is 0.396 e. The average molecular weight is 517 g/mol. The lowest BCUT2D eigenvalue weighted by molar-refractivity contribution is -0.122. The highest BCUT2D eigenvalue weighted by Gasteiger charge is 2.26. The first-order valence-corrected chi connectivity index (χ1v) is 11.6. The average Bonchev–Trinajstić information content (AvgIpc) is 2.76. The van der Waals surface area contributed by atoms with Gasteiger partial charge in [-0.15, -0.1) is 11.8 Å². The molecule has 150 valence electrons. The molecule has 3 rings (SSSR count). The normalized spacial score (nSPS) is 11.8. The van der Waals surface area contributed by atoms with Gasteiger partial charge in [-0.1, -0.05) is 60.7 Å². The van der Waals surface area contributed by atoms with Gasteiger partial charge >= 0.3 is 0 Å². The van der Waals surface area contributed by atoms with Crippen molar-refractivity contribution in [3.05, 3.63) is 94.1 Å². The van der Waals surface area contributed by atoms with Crippen molar-refractivity contribution < 1.29 is 9.90 Å². The van der Waals surface area contributed by atoms with Gasteiger partial charge in [0, 0.05) is 20.8 Å². The summed E-state index contributed by atoms with van der Waals surface area (Å²) in [6, 6.07) is 28.1. The van der Waals surface area contributed by atoms with Crippen LogP contribution in [0.3, 0.4) is 0 Å². The molecule has 0 aliphatic heterocycles. The number of nitrogens with zero attached hydrogens (tertiary/aromatic N) is 1. The summed E-state index contributed by atoms with van der Waals surface area (Å²) in [4.78, 5) is 16.6. The molecule has 1 unspecified atom stereocenters. The maximum atomic E-state index is 13.6. The first-order chi connectivity index (χ1) is 14.2. The van der Waals surface area contributed by atoms with Crippen LogP contribution in [0, 0.1) is 9.49 Å². The van der Waals surface area contributed by atoms with Crippen molar-refractivity contribution in [2.45, 2.75) is 17.9 Å². The predicted octanol–water partition coefficient (Wildman–Crippen LogP) is 5.62. The lowest BCUT2D eigenvalue weighted by Crippen LogP contribution is -2.37. The molecule has 3 aromatic rings.